The van der Waals surface area contributed by atoms with Crippen LogP contribution in [0.2, 0.25) is 0 Å². The van der Waals surface area contributed by atoms with Crippen molar-refractivity contribution < 1.29 is 24.5 Å². The normalized spacial score (nSPS) is 11.9. The molecule has 1 aromatic carbocycles. The van der Waals surface area contributed by atoms with Gasteiger partial charge < -0.3 is 14.9 Å². The fourth-order valence-electron chi connectivity index (χ4n) is 1.68. The van der Waals surface area contributed by atoms with Gasteiger partial charge in [-0.1, -0.05) is 29.3 Å². The van der Waals surface area contributed by atoms with Gasteiger partial charge in [0, 0.05) is 4.47 Å². The van der Waals surface area contributed by atoms with E-state index >= 15 is 0 Å². The lowest BCUT2D eigenvalue weighted by atomic mass is 10.1. The Labute approximate surface area is 119 Å². The van der Waals surface area contributed by atoms with Crippen LogP contribution in [0.1, 0.15) is 35.7 Å². The van der Waals surface area contributed by atoms with Crippen LogP contribution in [0.4, 0.5) is 0 Å². The summed E-state index contributed by atoms with van der Waals surface area (Å²) in [5, 5.41) is 18.2. The van der Waals surface area contributed by atoms with Gasteiger partial charge in [-0.3, -0.25) is 0 Å². The highest BCUT2D eigenvalue weighted by Crippen LogP contribution is 2.29. The highest BCUT2D eigenvalue weighted by Gasteiger charge is 2.23. The summed E-state index contributed by atoms with van der Waals surface area (Å²) in [6.45, 7) is 3.52. The molecule has 1 rings (SSSR count). The Hall–Kier alpha value is -1.56. The van der Waals surface area contributed by atoms with Crippen LogP contribution in [0.3, 0.4) is 0 Å². The zero-order valence-electron chi connectivity index (χ0n) is 10.6. The van der Waals surface area contributed by atoms with Crippen molar-refractivity contribution in [1.82, 2.24) is 0 Å². The summed E-state index contributed by atoms with van der Waals surface area (Å²) in [5.41, 5.74) is 0.531. The van der Waals surface area contributed by atoms with Gasteiger partial charge in [-0.2, -0.15) is 0 Å². The maximum atomic E-state index is 11.2. The average Bonchev–Trinajstić information content (AvgIpc) is 2.30. The van der Waals surface area contributed by atoms with Crippen LogP contribution in [0.15, 0.2) is 16.6 Å². The van der Waals surface area contributed by atoms with Crippen molar-refractivity contribution in [3.63, 3.8) is 0 Å². The number of aryl methyl sites for hydroxylation is 1. The SMILES string of the molecule is CCCC(Oc1c(C)cc(Br)cc1C(=O)O)C(=O)O. The molecule has 0 bridgehead atoms. The van der Waals surface area contributed by atoms with Crippen molar-refractivity contribution in [2.24, 2.45) is 0 Å². The summed E-state index contributed by atoms with van der Waals surface area (Å²) in [6.07, 6.45) is -0.0817. The summed E-state index contributed by atoms with van der Waals surface area (Å²) in [4.78, 5) is 22.3. The fourth-order valence-corrected chi connectivity index (χ4v) is 2.25. The number of ether oxygens (including phenoxy) is 1. The Bertz CT molecular complexity index is 498. The van der Waals surface area contributed by atoms with E-state index < -0.39 is 18.0 Å². The molecule has 0 saturated carbocycles. The molecule has 5 nitrogen and oxygen atoms in total. The van der Waals surface area contributed by atoms with Crippen molar-refractivity contribution in [1.29, 1.82) is 0 Å². The quantitative estimate of drug-likeness (QED) is 0.837. The molecular weight excluding hydrogens is 316 g/mol. The van der Waals surface area contributed by atoms with E-state index in [0.29, 0.717) is 22.9 Å². The number of rotatable bonds is 6. The third-order valence-electron chi connectivity index (χ3n) is 2.56. The molecule has 0 aliphatic heterocycles. The summed E-state index contributed by atoms with van der Waals surface area (Å²) < 4.78 is 6.00. The highest BCUT2D eigenvalue weighted by atomic mass is 79.9. The number of hydrogen-bond donors (Lipinski definition) is 2. The first-order valence-electron chi connectivity index (χ1n) is 5.79. The topological polar surface area (TPSA) is 83.8 Å². The lowest BCUT2D eigenvalue weighted by Crippen LogP contribution is -2.27. The first-order chi connectivity index (χ1) is 8.86. The van der Waals surface area contributed by atoms with E-state index in [9.17, 15) is 9.59 Å². The van der Waals surface area contributed by atoms with Crippen molar-refractivity contribution >= 4 is 27.9 Å². The molecule has 0 fully saturated rings. The molecule has 19 heavy (non-hydrogen) atoms. The molecule has 2 N–H and O–H groups in total. The molecule has 0 amide bonds. The van der Waals surface area contributed by atoms with Crippen molar-refractivity contribution in [3.05, 3.63) is 27.7 Å². The smallest absolute Gasteiger partial charge is 0.344 e. The predicted molar refractivity (Wildman–Crippen MR) is 72.8 cm³/mol. The fraction of sp³-hybridized carbons (Fsp3) is 0.385. The van der Waals surface area contributed by atoms with Gasteiger partial charge in [-0.15, -0.1) is 0 Å². The molecule has 0 radical (unpaired) electrons. The number of benzene rings is 1. The van der Waals surface area contributed by atoms with E-state index in [4.69, 9.17) is 14.9 Å². The number of aliphatic carboxylic acids is 1. The van der Waals surface area contributed by atoms with Gasteiger partial charge in [0.2, 0.25) is 0 Å². The van der Waals surface area contributed by atoms with Crippen LogP contribution in [0, 0.1) is 6.92 Å². The van der Waals surface area contributed by atoms with E-state index in [0.717, 1.165) is 0 Å². The second-order valence-electron chi connectivity index (χ2n) is 4.14. The van der Waals surface area contributed by atoms with Crippen molar-refractivity contribution in [3.8, 4) is 5.75 Å². The summed E-state index contributed by atoms with van der Waals surface area (Å²) in [5.74, 6) is -2.14. The van der Waals surface area contributed by atoms with E-state index in [-0.39, 0.29) is 11.3 Å². The molecule has 1 unspecified atom stereocenters. The lowest BCUT2D eigenvalue weighted by Gasteiger charge is -2.18. The second kappa shape index (κ2) is 6.56. The first-order valence-corrected chi connectivity index (χ1v) is 6.59. The molecule has 104 valence electrons. The maximum absolute atomic E-state index is 11.2. The second-order valence-corrected chi connectivity index (χ2v) is 5.05. The third kappa shape index (κ3) is 3.96. The summed E-state index contributed by atoms with van der Waals surface area (Å²) >= 11 is 3.21. The van der Waals surface area contributed by atoms with Crippen LogP contribution in [0.5, 0.6) is 5.75 Å². The van der Waals surface area contributed by atoms with E-state index in [1.807, 2.05) is 6.92 Å². The summed E-state index contributed by atoms with van der Waals surface area (Å²) in [6, 6.07) is 3.09. The predicted octanol–water partition coefficient (Wildman–Crippen LogP) is 3.09. The zero-order chi connectivity index (χ0) is 14.6. The van der Waals surface area contributed by atoms with Gasteiger partial charge in [0.25, 0.3) is 0 Å². The molecule has 0 aliphatic carbocycles. The number of carboxylic acid groups (broad SMARTS) is 2. The highest BCUT2D eigenvalue weighted by molar-refractivity contribution is 9.10. The van der Waals surface area contributed by atoms with Crippen molar-refractivity contribution in [2.75, 3.05) is 0 Å². The van der Waals surface area contributed by atoms with Gasteiger partial charge in [0.1, 0.15) is 11.3 Å². The minimum Gasteiger partial charge on any atom is -0.479 e. The van der Waals surface area contributed by atoms with Gasteiger partial charge in [0.15, 0.2) is 6.10 Å². The molecule has 0 spiro atoms. The molecule has 0 aromatic heterocycles. The van der Waals surface area contributed by atoms with Gasteiger partial charge in [-0.05, 0) is 31.0 Å². The standard InChI is InChI=1S/C13H15BrO5/c1-3-4-10(13(17)18)19-11-7(2)5-8(14)6-9(11)12(15)16/h5-6,10H,3-4H2,1-2H3,(H,15,16)(H,17,18). The Morgan fingerprint density at radius 1 is 1.37 bits per heavy atom. The molecule has 6 heteroatoms. The monoisotopic (exact) mass is 330 g/mol. The van der Waals surface area contributed by atoms with Gasteiger partial charge >= 0.3 is 11.9 Å². The number of hydrogen-bond acceptors (Lipinski definition) is 3. The Balaban J connectivity index is 3.18. The van der Waals surface area contributed by atoms with E-state index in [2.05, 4.69) is 15.9 Å². The van der Waals surface area contributed by atoms with Crippen LogP contribution >= 0.6 is 15.9 Å². The molecule has 0 heterocycles. The number of carbonyl (C=O) groups is 2. The van der Waals surface area contributed by atoms with Crippen LogP contribution in [-0.2, 0) is 4.79 Å². The zero-order valence-corrected chi connectivity index (χ0v) is 12.2. The minimum atomic E-state index is -1.15. The number of carboxylic acids is 2. The maximum Gasteiger partial charge on any atom is 0.344 e. The van der Waals surface area contributed by atoms with Crippen LogP contribution in [-0.4, -0.2) is 28.3 Å². The lowest BCUT2D eigenvalue weighted by molar-refractivity contribution is -0.145. The number of aromatic carboxylic acids is 1. The van der Waals surface area contributed by atoms with Crippen LogP contribution in [0.25, 0.3) is 0 Å². The summed E-state index contributed by atoms with van der Waals surface area (Å²) in [7, 11) is 0. The van der Waals surface area contributed by atoms with E-state index in [1.165, 1.54) is 6.07 Å². The Kier molecular flexibility index (Phi) is 5.35. The largest absolute Gasteiger partial charge is 0.479 e. The van der Waals surface area contributed by atoms with Gasteiger partial charge in [0.05, 0.1) is 0 Å². The third-order valence-corrected chi connectivity index (χ3v) is 3.01. The molecule has 0 saturated heterocycles. The first kappa shape index (κ1) is 15.5. The minimum absolute atomic E-state index is 0.0470. The molecule has 1 atom stereocenters. The van der Waals surface area contributed by atoms with Crippen LogP contribution < -0.4 is 4.74 Å². The van der Waals surface area contributed by atoms with Gasteiger partial charge in [-0.25, -0.2) is 9.59 Å². The Morgan fingerprint density at radius 2 is 2.00 bits per heavy atom. The van der Waals surface area contributed by atoms with E-state index in [1.54, 1.807) is 13.0 Å². The number of halogens is 1. The molecule has 0 aliphatic rings. The molecular formula is C13H15BrO5. The average molecular weight is 331 g/mol. The molecule has 1 aromatic rings. The van der Waals surface area contributed by atoms with Crippen molar-refractivity contribution in [2.45, 2.75) is 32.8 Å². The Morgan fingerprint density at radius 3 is 2.47 bits per heavy atom.